The van der Waals surface area contributed by atoms with Gasteiger partial charge < -0.3 is 23.5 Å². The quantitative estimate of drug-likeness (QED) is 0.223. The van der Waals surface area contributed by atoms with E-state index in [1.807, 2.05) is 24.3 Å². The van der Waals surface area contributed by atoms with E-state index < -0.39 is 31.7 Å². The maximum Gasteiger partial charge on any atom is 0.363 e. The van der Waals surface area contributed by atoms with Crippen molar-refractivity contribution >= 4 is 37.7 Å². The fourth-order valence-corrected chi connectivity index (χ4v) is 8.83. The second-order valence-corrected chi connectivity index (χ2v) is 16.9. The number of hydrogen-bond acceptors (Lipinski definition) is 9. The maximum atomic E-state index is 11.2. The molecule has 3 fully saturated rings. The fourth-order valence-electron chi connectivity index (χ4n) is 7.55. The lowest BCUT2D eigenvalue weighted by Crippen LogP contribution is -2.40. The van der Waals surface area contributed by atoms with Crippen LogP contribution >= 0.6 is 11.6 Å². The first-order valence-corrected chi connectivity index (χ1v) is 19.9. The molecular weight excluding hydrogens is 640 g/mol. The third-order valence-electron chi connectivity index (χ3n) is 9.84. The van der Waals surface area contributed by atoms with Crippen molar-refractivity contribution in [2.45, 2.75) is 109 Å². The number of ether oxygens (including phenoxy) is 2. The van der Waals surface area contributed by atoms with Crippen molar-refractivity contribution in [1.29, 1.82) is 0 Å². The lowest BCUT2D eigenvalue weighted by Gasteiger charge is -2.32. The Morgan fingerprint density at radius 1 is 0.889 bits per heavy atom. The Kier molecular flexibility index (Phi) is 11.1. The summed E-state index contributed by atoms with van der Waals surface area (Å²) in [6.45, 7) is 5.33. The van der Waals surface area contributed by atoms with E-state index in [1.165, 1.54) is 0 Å². The molecule has 252 valence electrons. The molecule has 2 saturated carbocycles. The van der Waals surface area contributed by atoms with Crippen molar-refractivity contribution in [3.8, 4) is 0 Å². The average molecular weight is 686 g/mol. The first-order chi connectivity index (χ1) is 21.3. The minimum Gasteiger partial charge on any atom is -0.748 e. The fraction of sp³-hybridized carbons (Fsp3) is 0.719. The Hall–Kier alpha value is -1.86. The van der Waals surface area contributed by atoms with Crippen molar-refractivity contribution in [2.75, 3.05) is 24.6 Å². The van der Waals surface area contributed by atoms with Gasteiger partial charge in [-0.15, -0.1) is 0 Å². The predicted octanol–water partition coefficient (Wildman–Crippen LogP) is 4.75. The van der Waals surface area contributed by atoms with Crippen molar-refractivity contribution in [1.82, 2.24) is 4.90 Å². The molecule has 5 aliphatic rings. The van der Waals surface area contributed by atoms with E-state index in [-0.39, 0.29) is 37.1 Å². The number of nitrogens with zero attached hydrogens (tertiary/aromatic N) is 2. The van der Waals surface area contributed by atoms with Crippen LogP contribution in [-0.4, -0.2) is 90.2 Å². The molecule has 0 aromatic heterocycles. The van der Waals surface area contributed by atoms with Gasteiger partial charge in [-0.05, 0) is 92.9 Å². The van der Waals surface area contributed by atoms with Gasteiger partial charge in [-0.1, -0.05) is 31.5 Å². The van der Waals surface area contributed by atoms with E-state index in [0.717, 1.165) is 68.9 Å². The van der Waals surface area contributed by atoms with Crippen LogP contribution in [0, 0.1) is 11.8 Å². The van der Waals surface area contributed by atoms with Crippen LogP contribution < -0.4 is 0 Å². The molecule has 10 nitrogen and oxygen atoms in total. The highest BCUT2D eigenvalue weighted by molar-refractivity contribution is 7.85. The molecule has 0 spiro atoms. The number of halogens is 1. The summed E-state index contributed by atoms with van der Waals surface area (Å²) >= 11 is 6.95. The van der Waals surface area contributed by atoms with Gasteiger partial charge in [-0.25, -0.2) is 16.8 Å². The van der Waals surface area contributed by atoms with Gasteiger partial charge in [0.2, 0.25) is 0 Å². The van der Waals surface area contributed by atoms with Crippen molar-refractivity contribution < 1.29 is 40.0 Å². The molecular formula is C32H46ClN2O8S2-. The lowest BCUT2D eigenvalue weighted by atomic mass is 9.85. The van der Waals surface area contributed by atoms with Crippen LogP contribution in [0.4, 0.5) is 0 Å². The highest BCUT2D eigenvalue weighted by Gasteiger charge is 2.46. The summed E-state index contributed by atoms with van der Waals surface area (Å²) in [5, 5.41) is 0.677. The summed E-state index contributed by atoms with van der Waals surface area (Å²) in [7, 11) is -8.56. The number of rotatable bonds is 11. The van der Waals surface area contributed by atoms with Crippen molar-refractivity contribution in [2.24, 2.45) is 11.8 Å². The summed E-state index contributed by atoms with van der Waals surface area (Å²) in [5.41, 5.74) is 1.97. The summed E-state index contributed by atoms with van der Waals surface area (Å²) in [4.78, 5) is 2.13. The smallest absolute Gasteiger partial charge is 0.363 e. The molecule has 3 aliphatic carbocycles. The van der Waals surface area contributed by atoms with E-state index in [4.69, 9.17) is 21.1 Å². The van der Waals surface area contributed by atoms with E-state index in [0.29, 0.717) is 41.7 Å². The lowest BCUT2D eigenvalue weighted by molar-refractivity contribution is -0.562. The zero-order valence-corrected chi connectivity index (χ0v) is 28.6. The molecule has 0 N–H and O–H groups in total. The number of allylic oxidation sites excluding steroid dienone is 6. The molecule has 6 atom stereocenters. The van der Waals surface area contributed by atoms with Gasteiger partial charge in [0.15, 0.2) is 18.0 Å². The number of fused-ring (bicyclic) bond motifs is 2. The second-order valence-electron chi connectivity index (χ2n) is 13.5. The van der Waals surface area contributed by atoms with Gasteiger partial charge >= 0.3 is 5.90 Å². The van der Waals surface area contributed by atoms with Gasteiger partial charge in [0.25, 0.3) is 0 Å². The highest BCUT2D eigenvalue weighted by atomic mass is 35.5. The first kappa shape index (κ1) is 34.5. The molecule has 45 heavy (non-hydrogen) atoms. The summed E-state index contributed by atoms with van der Waals surface area (Å²) in [6.07, 6.45) is 17.0. The van der Waals surface area contributed by atoms with Crippen molar-refractivity contribution in [3.05, 3.63) is 46.4 Å². The predicted molar refractivity (Wildman–Crippen MR) is 171 cm³/mol. The maximum absolute atomic E-state index is 11.2. The van der Waals surface area contributed by atoms with Crippen LogP contribution in [0.15, 0.2) is 46.4 Å². The summed E-state index contributed by atoms with van der Waals surface area (Å²) in [5.74, 6) is 1.70. The van der Waals surface area contributed by atoms with Gasteiger partial charge in [0.05, 0.1) is 32.4 Å². The SMILES string of the molecule is CC1CCC2OC(=CC=C3CCCC(C=CC4=[N+](CCCS(=O)(=O)[O-])C5CC(C)CCC5O4)=C3Cl)N(CCCS(=O)(=O)[O-])C2C1. The van der Waals surface area contributed by atoms with Crippen LogP contribution in [0.2, 0.25) is 0 Å². The van der Waals surface area contributed by atoms with Gasteiger partial charge in [-0.3, -0.25) is 0 Å². The minimum atomic E-state index is -4.28. The van der Waals surface area contributed by atoms with Crippen LogP contribution in [0.5, 0.6) is 0 Å². The van der Waals surface area contributed by atoms with Crippen LogP contribution in [0.1, 0.15) is 84.5 Å². The Balaban J connectivity index is 1.35. The monoisotopic (exact) mass is 685 g/mol. The zero-order valence-electron chi connectivity index (χ0n) is 26.2. The standard InChI is InChI=1S/C32H47ClN2O8S2/c1-22-8-12-28-26(20-22)34(16-4-18-44(36,37)38)30(42-28)14-10-24-6-3-7-25(32(24)33)11-15-31-35(17-5-19-45(39,40)41)27-21-23(2)9-13-29(27)43-31/h10-11,14-15,22-23,26-29H,3-9,12-13,16-21H2,1-2H3,(H-,36,37,38,39,40,41)/p-1. The van der Waals surface area contributed by atoms with E-state index in [2.05, 4.69) is 23.3 Å². The Bertz CT molecular complexity index is 1480. The van der Waals surface area contributed by atoms with Crippen LogP contribution in [0.25, 0.3) is 0 Å². The third-order valence-corrected chi connectivity index (χ3v) is 11.9. The highest BCUT2D eigenvalue weighted by Crippen LogP contribution is 2.39. The molecule has 0 aromatic rings. The minimum absolute atomic E-state index is 0.0531. The van der Waals surface area contributed by atoms with Crippen molar-refractivity contribution in [3.63, 3.8) is 0 Å². The molecule has 1 saturated heterocycles. The van der Waals surface area contributed by atoms with E-state index in [9.17, 15) is 25.9 Å². The van der Waals surface area contributed by atoms with Crippen LogP contribution in [0.3, 0.4) is 0 Å². The summed E-state index contributed by atoms with van der Waals surface area (Å²) in [6, 6.07) is 0.325. The number of hydrogen-bond donors (Lipinski definition) is 0. The van der Waals surface area contributed by atoms with Crippen LogP contribution in [-0.2, 0) is 29.7 Å². The topological polar surface area (TPSA) is 139 Å². The Morgan fingerprint density at radius 2 is 1.58 bits per heavy atom. The molecule has 5 rings (SSSR count). The molecule has 0 bridgehead atoms. The molecule has 13 heteroatoms. The van der Waals surface area contributed by atoms with E-state index in [1.54, 1.807) is 0 Å². The third kappa shape index (κ3) is 9.15. The van der Waals surface area contributed by atoms with E-state index >= 15 is 0 Å². The Labute approximate surface area is 273 Å². The first-order valence-electron chi connectivity index (χ1n) is 16.4. The Morgan fingerprint density at radius 3 is 2.31 bits per heavy atom. The normalized spacial score (nSPS) is 32.8. The molecule has 6 unspecified atom stereocenters. The second kappa shape index (κ2) is 14.5. The van der Waals surface area contributed by atoms with Gasteiger partial charge in [0, 0.05) is 35.9 Å². The average Bonchev–Trinajstić information content (AvgIpc) is 3.47. The van der Waals surface area contributed by atoms with Gasteiger partial charge in [0.1, 0.15) is 12.6 Å². The van der Waals surface area contributed by atoms with Gasteiger partial charge in [-0.2, -0.15) is 4.58 Å². The zero-order chi connectivity index (χ0) is 32.4. The molecule has 0 amide bonds. The summed E-state index contributed by atoms with van der Waals surface area (Å²) < 4.78 is 82.3. The molecule has 0 radical (unpaired) electrons. The largest absolute Gasteiger partial charge is 0.748 e. The molecule has 0 aromatic carbocycles. The molecule has 2 heterocycles. The molecule has 2 aliphatic heterocycles.